The Hall–Kier alpha value is -3.72. The molecule has 1 amide bonds. The molecule has 9 heteroatoms. The van der Waals surface area contributed by atoms with Gasteiger partial charge in [-0.15, -0.1) is 10.2 Å². The number of rotatable bonds is 5. The summed E-state index contributed by atoms with van der Waals surface area (Å²) in [5, 5.41) is 8.60. The molecule has 2 aromatic heterocycles. The van der Waals surface area contributed by atoms with Crippen LogP contribution in [0.4, 0.5) is 5.69 Å². The SMILES string of the molecule is Cc1ccc(NS(=O)(=O)c2ccc(C(=O)N3CCCC(c4nnc5ccccn45)C3)cc2)cc1. The van der Waals surface area contributed by atoms with Crippen molar-refractivity contribution in [1.29, 1.82) is 0 Å². The number of carbonyl (C=O) groups excluding carboxylic acids is 1. The van der Waals surface area contributed by atoms with E-state index in [0.29, 0.717) is 24.3 Å². The maximum absolute atomic E-state index is 13.2. The second kappa shape index (κ2) is 8.90. The second-order valence-corrected chi connectivity index (χ2v) is 10.3. The topological polar surface area (TPSA) is 96.7 Å². The fraction of sp³-hybridized carbons (Fsp3) is 0.240. The number of likely N-dealkylation sites (tertiary alicyclic amines) is 1. The Kier molecular flexibility index (Phi) is 5.79. The summed E-state index contributed by atoms with van der Waals surface area (Å²) in [5.41, 5.74) is 2.78. The van der Waals surface area contributed by atoms with Gasteiger partial charge >= 0.3 is 0 Å². The molecule has 0 saturated carbocycles. The van der Waals surface area contributed by atoms with Gasteiger partial charge in [0.15, 0.2) is 5.65 Å². The van der Waals surface area contributed by atoms with Gasteiger partial charge in [-0.3, -0.25) is 13.9 Å². The number of nitrogens with one attached hydrogen (secondary N) is 1. The number of amides is 1. The van der Waals surface area contributed by atoms with Crippen LogP contribution < -0.4 is 4.72 Å². The molecule has 1 aliphatic rings. The summed E-state index contributed by atoms with van der Waals surface area (Å²) in [4.78, 5) is 15.1. The quantitative estimate of drug-likeness (QED) is 0.473. The van der Waals surface area contributed by atoms with Gasteiger partial charge in [0.2, 0.25) is 0 Å². The number of piperidine rings is 1. The Bertz CT molecular complexity index is 1430. The first-order chi connectivity index (χ1) is 16.4. The average molecular weight is 476 g/mol. The van der Waals surface area contributed by atoms with Crippen molar-refractivity contribution in [2.75, 3.05) is 17.8 Å². The van der Waals surface area contributed by atoms with E-state index in [-0.39, 0.29) is 16.7 Å². The number of hydrogen-bond donors (Lipinski definition) is 1. The van der Waals surface area contributed by atoms with E-state index in [1.54, 1.807) is 24.3 Å². The summed E-state index contributed by atoms with van der Waals surface area (Å²) in [6.45, 7) is 3.14. The van der Waals surface area contributed by atoms with Crippen LogP contribution in [0.25, 0.3) is 5.65 Å². The van der Waals surface area contributed by atoms with Crippen molar-refractivity contribution in [3.05, 3.63) is 89.9 Å². The van der Waals surface area contributed by atoms with E-state index in [1.807, 2.05) is 52.8 Å². The van der Waals surface area contributed by atoms with E-state index in [2.05, 4.69) is 14.9 Å². The van der Waals surface area contributed by atoms with Crippen molar-refractivity contribution in [1.82, 2.24) is 19.5 Å². The molecular formula is C25H25N5O3S. The Morgan fingerprint density at radius 2 is 1.76 bits per heavy atom. The van der Waals surface area contributed by atoms with Crippen LogP contribution in [0.15, 0.2) is 77.8 Å². The molecule has 0 bridgehead atoms. The number of sulfonamides is 1. The van der Waals surface area contributed by atoms with Crippen LogP contribution >= 0.6 is 0 Å². The third-order valence-electron chi connectivity index (χ3n) is 6.13. The summed E-state index contributed by atoms with van der Waals surface area (Å²) in [6, 6.07) is 19.0. The summed E-state index contributed by atoms with van der Waals surface area (Å²) in [7, 11) is -3.75. The number of anilines is 1. The molecule has 0 spiro atoms. The minimum absolute atomic E-state index is 0.0912. The van der Waals surface area contributed by atoms with Crippen LogP contribution in [0, 0.1) is 6.92 Å². The van der Waals surface area contributed by atoms with Crippen LogP contribution in [0.5, 0.6) is 0 Å². The van der Waals surface area contributed by atoms with Crippen LogP contribution in [-0.4, -0.2) is 46.9 Å². The van der Waals surface area contributed by atoms with Crippen molar-refractivity contribution in [3.8, 4) is 0 Å². The molecule has 1 fully saturated rings. The Morgan fingerprint density at radius 3 is 2.53 bits per heavy atom. The molecule has 174 valence electrons. The molecule has 1 N–H and O–H groups in total. The average Bonchev–Trinajstić information content (AvgIpc) is 3.29. The van der Waals surface area contributed by atoms with Crippen molar-refractivity contribution < 1.29 is 13.2 Å². The van der Waals surface area contributed by atoms with E-state index in [4.69, 9.17) is 0 Å². The Balaban J connectivity index is 1.30. The zero-order valence-corrected chi connectivity index (χ0v) is 19.6. The molecule has 2 aromatic carbocycles. The van der Waals surface area contributed by atoms with E-state index >= 15 is 0 Å². The molecule has 34 heavy (non-hydrogen) atoms. The van der Waals surface area contributed by atoms with Gasteiger partial charge in [0.05, 0.1) is 4.90 Å². The van der Waals surface area contributed by atoms with Gasteiger partial charge in [0.25, 0.3) is 15.9 Å². The largest absolute Gasteiger partial charge is 0.338 e. The van der Waals surface area contributed by atoms with Crippen molar-refractivity contribution in [2.24, 2.45) is 0 Å². The first-order valence-corrected chi connectivity index (χ1v) is 12.7. The molecule has 8 nitrogen and oxygen atoms in total. The lowest BCUT2D eigenvalue weighted by atomic mass is 9.96. The molecule has 3 heterocycles. The highest BCUT2D eigenvalue weighted by atomic mass is 32.2. The summed E-state index contributed by atoms with van der Waals surface area (Å²) < 4.78 is 30.0. The number of hydrogen-bond acceptors (Lipinski definition) is 5. The Morgan fingerprint density at radius 1 is 1.00 bits per heavy atom. The highest BCUT2D eigenvalue weighted by Crippen LogP contribution is 2.27. The van der Waals surface area contributed by atoms with Crippen LogP contribution in [-0.2, 0) is 10.0 Å². The zero-order valence-electron chi connectivity index (χ0n) is 18.8. The maximum Gasteiger partial charge on any atom is 0.261 e. The first-order valence-electron chi connectivity index (χ1n) is 11.2. The molecule has 0 aliphatic carbocycles. The minimum atomic E-state index is -3.75. The predicted octanol–water partition coefficient (Wildman–Crippen LogP) is 3.86. The number of aromatic nitrogens is 3. The third-order valence-corrected chi connectivity index (χ3v) is 7.53. The molecular weight excluding hydrogens is 450 g/mol. The fourth-order valence-corrected chi connectivity index (χ4v) is 5.36. The smallest absolute Gasteiger partial charge is 0.261 e. The molecule has 4 aromatic rings. The standard InChI is InChI=1S/C25H25N5O3S/c1-18-7-11-21(12-8-18)28-34(32,33)22-13-9-19(10-14-22)25(31)29-15-4-5-20(17-29)24-27-26-23-6-2-3-16-30(23)24/h2-3,6-14,16,20,28H,4-5,15,17H2,1H3. The number of pyridine rings is 1. The van der Waals surface area contributed by atoms with E-state index in [1.165, 1.54) is 12.1 Å². The number of benzene rings is 2. The first kappa shape index (κ1) is 22.1. The molecule has 1 aliphatic heterocycles. The fourth-order valence-electron chi connectivity index (χ4n) is 4.31. The lowest BCUT2D eigenvalue weighted by Crippen LogP contribution is -2.39. The second-order valence-electron chi connectivity index (χ2n) is 8.57. The molecule has 0 radical (unpaired) electrons. The molecule has 1 unspecified atom stereocenters. The Labute approximate surface area is 198 Å². The highest BCUT2D eigenvalue weighted by molar-refractivity contribution is 7.92. The van der Waals surface area contributed by atoms with Crippen LogP contribution in [0.3, 0.4) is 0 Å². The van der Waals surface area contributed by atoms with Gasteiger partial charge in [0.1, 0.15) is 5.82 Å². The lowest BCUT2D eigenvalue weighted by Gasteiger charge is -2.32. The van der Waals surface area contributed by atoms with Gasteiger partial charge < -0.3 is 4.90 Å². The van der Waals surface area contributed by atoms with Gasteiger partial charge in [-0.1, -0.05) is 23.8 Å². The maximum atomic E-state index is 13.2. The van der Waals surface area contributed by atoms with Crippen molar-refractivity contribution in [3.63, 3.8) is 0 Å². The van der Waals surface area contributed by atoms with Gasteiger partial charge in [-0.2, -0.15) is 0 Å². The van der Waals surface area contributed by atoms with E-state index in [9.17, 15) is 13.2 Å². The molecule has 1 saturated heterocycles. The number of aryl methyl sites for hydroxylation is 1. The highest BCUT2D eigenvalue weighted by Gasteiger charge is 2.28. The lowest BCUT2D eigenvalue weighted by molar-refractivity contribution is 0.0704. The van der Waals surface area contributed by atoms with Crippen LogP contribution in [0.1, 0.15) is 40.5 Å². The minimum Gasteiger partial charge on any atom is -0.338 e. The van der Waals surface area contributed by atoms with E-state index in [0.717, 1.165) is 29.9 Å². The van der Waals surface area contributed by atoms with Crippen molar-refractivity contribution >= 4 is 27.3 Å². The number of nitrogens with zero attached hydrogens (tertiary/aromatic N) is 4. The van der Waals surface area contributed by atoms with Gasteiger partial charge in [-0.25, -0.2) is 8.42 Å². The summed E-state index contributed by atoms with van der Waals surface area (Å²) in [5.74, 6) is 0.833. The third kappa shape index (κ3) is 4.38. The monoisotopic (exact) mass is 475 g/mol. The summed E-state index contributed by atoms with van der Waals surface area (Å²) >= 11 is 0. The zero-order chi connectivity index (χ0) is 23.7. The number of fused-ring (bicyclic) bond motifs is 1. The summed E-state index contributed by atoms with van der Waals surface area (Å²) in [6.07, 6.45) is 3.74. The predicted molar refractivity (Wildman–Crippen MR) is 129 cm³/mol. The number of carbonyl (C=O) groups is 1. The molecule has 5 rings (SSSR count). The van der Waals surface area contributed by atoms with E-state index < -0.39 is 10.0 Å². The van der Waals surface area contributed by atoms with Crippen molar-refractivity contribution in [2.45, 2.75) is 30.6 Å². The van der Waals surface area contributed by atoms with Gasteiger partial charge in [0, 0.05) is 36.5 Å². The van der Waals surface area contributed by atoms with Gasteiger partial charge in [-0.05, 0) is 68.3 Å². The normalized spacial score (nSPS) is 16.5. The molecule has 1 atom stereocenters. The van der Waals surface area contributed by atoms with Crippen LogP contribution in [0.2, 0.25) is 0 Å².